The van der Waals surface area contributed by atoms with Crippen molar-refractivity contribution < 1.29 is 4.79 Å². The Morgan fingerprint density at radius 2 is 2.44 bits per heavy atom. The van der Waals surface area contributed by atoms with Crippen LogP contribution < -0.4 is 11.3 Å². The Kier molecular flexibility index (Phi) is 5.40. The van der Waals surface area contributed by atoms with Crippen molar-refractivity contribution in [3.63, 3.8) is 0 Å². The fourth-order valence-corrected chi connectivity index (χ4v) is 3.10. The molecule has 90 valence electrons. The molecule has 1 unspecified atom stereocenters. The molecule has 1 heterocycles. The molecule has 0 aliphatic rings. The van der Waals surface area contributed by atoms with E-state index < -0.39 is 0 Å². The number of nitrogens with two attached hydrogens (primary N) is 1. The Labute approximate surface area is 108 Å². The summed E-state index contributed by atoms with van der Waals surface area (Å²) in [5, 5.41) is 2.03. The van der Waals surface area contributed by atoms with Crippen molar-refractivity contribution in [1.29, 1.82) is 0 Å². The molecule has 1 amide bonds. The highest BCUT2D eigenvalue weighted by Gasteiger charge is 2.20. The lowest BCUT2D eigenvalue weighted by Gasteiger charge is -2.24. The van der Waals surface area contributed by atoms with Crippen LogP contribution in [-0.2, 0) is 11.3 Å². The minimum absolute atomic E-state index is 0.138. The van der Waals surface area contributed by atoms with E-state index in [-0.39, 0.29) is 11.9 Å². The second-order valence-corrected chi connectivity index (χ2v) is 5.49. The van der Waals surface area contributed by atoms with E-state index in [0.29, 0.717) is 0 Å². The Morgan fingerprint density at radius 1 is 1.75 bits per heavy atom. The van der Waals surface area contributed by atoms with Gasteiger partial charge >= 0.3 is 0 Å². The van der Waals surface area contributed by atoms with Gasteiger partial charge in [-0.3, -0.25) is 15.1 Å². The zero-order valence-corrected chi connectivity index (χ0v) is 11.8. The lowest BCUT2D eigenvalue weighted by molar-refractivity contribution is -0.126. The standard InChI is InChI=1S/C10H16BrN3OS/c1-3-9(10(15)13-12)14(2)5-8-4-7(11)6-16-8/h4,6,9H,3,5,12H2,1-2H3,(H,13,15). The van der Waals surface area contributed by atoms with E-state index in [9.17, 15) is 4.79 Å². The van der Waals surface area contributed by atoms with Crippen LogP contribution in [0.4, 0.5) is 0 Å². The summed E-state index contributed by atoms with van der Waals surface area (Å²) >= 11 is 5.08. The molecule has 0 spiro atoms. The summed E-state index contributed by atoms with van der Waals surface area (Å²) in [7, 11) is 1.93. The van der Waals surface area contributed by atoms with Crippen molar-refractivity contribution in [3.8, 4) is 0 Å². The molecule has 0 bridgehead atoms. The van der Waals surface area contributed by atoms with Crippen LogP contribution in [0.3, 0.4) is 0 Å². The number of likely N-dealkylation sites (N-methyl/N-ethyl adjacent to an activating group) is 1. The Hall–Kier alpha value is -0.430. The summed E-state index contributed by atoms with van der Waals surface area (Å²) in [5.41, 5.74) is 2.20. The van der Waals surface area contributed by atoms with Gasteiger partial charge in [0, 0.05) is 21.3 Å². The van der Waals surface area contributed by atoms with E-state index in [1.807, 2.05) is 24.3 Å². The molecule has 4 nitrogen and oxygen atoms in total. The second kappa shape index (κ2) is 6.34. The highest BCUT2D eigenvalue weighted by atomic mass is 79.9. The van der Waals surface area contributed by atoms with Crippen LogP contribution in [0, 0.1) is 0 Å². The minimum atomic E-state index is -0.175. The van der Waals surface area contributed by atoms with Crippen LogP contribution in [0.15, 0.2) is 15.9 Å². The molecule has 0 aliphatic carbocycles. The molecule has 0 saturated heterocycles. The first kappa shape index (κ1) is 13.6. The average Bonchev–Trinajstić information content (AvgIpc) is 2.64. The molecule has 1 rings (SSSR count). The van der Waals surface area contributed by atoms with E-state index in [2.05, 4.69) is 27.4 Å². The third-order valence-electron chi connectivity index (χ3n) is 2.39. The lowest BCUT2D eigenvalue weighted by atomic mass is 10.2. The molecular formula is C10H16BrN3OS. The lowest BCUT2D eigenvalue weighted by Crippen LogP contribution is -2.46. The SMILES string of the molecule is CCC(C(=O)NN)N(C)Cc1cc(Br)cs1. The molecule has 0 aliphatic heterocycles. The van der Waals surface area contributed by atoms with Crippen LogP contribution in [0.5, 0.6) is 0 Å². The number of hydrazine groups is 1. The molecule has 0 fully saturated rings. The van der Waals surface area contributed by atoms with E-state index in [4.69, 9.17) is 5.84 Å². The Morgan fingerprint density at radius 3 is 2.88 bits per heavy atom. The maximum atomic E-state index is 11.5. The van der Waals surface area contributed by atoms with Crippen LogP contribution >= 0.6 is 27.3 Å². The number of amides is 1. The van der Waals surface area contributed by atoms with Gasteiger partial charge in [-0.25, -0.2) is 5.84 Å². The molecule has 0 radical (unpaired) electrons. The molecule has 16 heavy (non-hydrogen) atoms. The van der Waals surface area contributed by atoms with Crippen LogP contribution in [-0.4, -0.2) is 23.9 Å². The summed E-state index contributed by atoms with van der Waals surface area (Å²) in [6.45, 7) is 2.73. The zero-order valence-electron chi connectivity index (χ0n) is 9.37. The van der Waals surface area contributed by atoms with Crippen molar-refractivity contribution in [2.75, 3.05) is 7.05 Å². The molecule has 0 saturated carbocycles. The largest absolute Gasteiger partial charge is 0.293 e. The van der Waals surface area contributed by atoms with Gasteiger partial charge in [0.25, 0.3) is 5.91 Å². The third kappa shape index (κ3) is 3.55. The summed E-state index contributed by atoms with van der Waals surface area (Å²) < 4.78 is 1.08. The number of rotatable bonds is 5. The summed E-state index contributed by atoms with van der Waals surface area (Å²) in [5.74, 6) is 5.01. The maximum absolute atomic E-state index is 11.5. The van der Waals surface area contributed by atoms with Crippen molar-refractivity contribution in [2.24, 2.45) is 5.84 Å². The number of halogens is 1. The summed E-state index contributed by atoms with van der Waals surface area (Å²) in [6.07, 6.45) is 0.742. The van der Waals surface area contributed by atoms with Crippen molar-refractivity contribution >= 4 is 33.2 Å². The number of hydrogen-bond acceptors (Lipinski definition) is 4. The van der Waals surface area contributed by atoms with Crippen LogP contribution in [0.25, 0.3) is 0 Å². The highest BCUT2D eigenvalue weighted by molar-refractivity contribution is 9.10. The minimum Gasteiger partial charge on any atom is -0.293 e. The van der Waals surface area contributed by atoms with E-state index in [0.717, 1.165) is 17.4 Å². The van der Waals surface area contributed by atoms with Gasteiger partial charge in [0.1, 0.15) is 0 Å². The van der Waals surface area contributed by atoms with Gasteiger partial charge in [-0.1, -0.05) is 6.92 Å². The zero-order chi connectivity index (χ0) is 12.1. The van der Waals surface area contributed by atoms with Gasteiger partial charge in [-0.2, -0.15) is 0 Å². The highest BCUT2D eigenvalue weighted by Crippen LogP contribution is 2.21. The first-order valence-electron chi connectivity index (χ1n) is 5.02. The fourth-order valence-electron chi connectivity index (χ4n) is 1.59. The molecular weight excluding hydrogens is 290 g/mol. The van der Waals surface area contributed by atoms with Crippen molar-refractivity contribution in [3.05, 3.63) is 20.8 Å². The Bertz CT molecular complexity index is 356. The number of nitrogens with zero attached hydrogens (tertiary/aromatic N) is 1. The van der Waals surface area contributed by atoms with Gasteiger partial charge in [0.15, 0.2) is 0 Å². The predicted octanol–water partition coefficient (Wildman–Crippen LogP) is 1.71. The van der Waals surface area contributed by atoms with E-state index in [1.54, 1.807) is 11.3 Å². The second-order valence-electron chi connectivity index (χ2n) is 3.58. The van der Waals surface area contributed by atoms with Gasteiger partial charge < -0.3 is 0 Å². The summed E-state index contributed by atoms with van der Waals surface area (Å²) in [6, 6.07) is 1.89. The number of thiophene rings is 1. The predicted molar refractivity (Wildman–Crippen MR) is 69.9 cm³/mol. The maximum Gasteiger partial charge on any atom is 0.251 e. The van der Waals surface area contributed by atoms with Crippen molar-refractivity contribution in [1.82, 2.24) is 10.3 Å². The fraction of sp³-hybridized carbons (Fsp3) is 0.500. The molecule has 1 aromatic rings. The monoisotopic (exact) mass is 305 g/mol. The number of carbonyl (C=O) groups excluding carboxylic acids is 1. The first-order chi connectivity index (χ1) is 7.58. The number of carbonyl (C=O) groups is 1. The molecule has 1 atom stereocenters. The quantitative estimate of drug-likeness (QED) is 0.495. The molecule has 3 N–H and O–H groups in total. The van der Waals surface area contributed by atoms with Gasteiger partial charge in [0.05, 0.1) is 6.04 Å². The number of nitrogens with one attached hydrogen (secondary N) is 1. The van der Waals surface area contributed by atoms with Crippen LogP contribution in [0.2, 0.25) is 0 Å². The van der Waals surface area contributed by atoms with E-state index >= 15 is 0 Å². The topological polar surface area (TPSA) is 58.4 Å². The third-order valence-corrected chi connectivity index (χ3v) is 4.07. The molecule has 6 heteroatoms. The molecule has 0 aromatic carbocycles. The van der Waals surface area contributed by atoms with Gasteiger partial charge in [0.2, 0.25) is 0 Å². The van der Waals surface area contributed by atoms with Crippen LogP contribution in [0.1, 0.15) is 18.2 Å². The van der Waals surface area contributed by atoms with Gasteiger partial charge in [-0.05, 0) is 35.5 Å². The number of hydrogen-bond donors (Lipinski definition) is 2. The normalized spacial score (nSPS) is 12.8. The molecule has 1 aromatic heterocycles. The average molecular weight is 306 g/mol. The van der Waals surface area contributed by atoms with Gasteiger partial charge in [-0.15, -0.1) is 11.3 Å². The van der Waals surface area contributed by atoms with Crippen molar-refractivity contribution in [2.45, 2.75) is 25.9 Å². The summed E-state index contributed by atoms with van der Waals surface area (Å²) in [4.78, 5) is 14.7. The smallest absolute Gasteiger partial charge is 0.251 e. The first-order valence-corrected chi connectivity index (χ1v) is 6.69. The Balaban J connectivity index is 2.62. The van der Waals surface area contributed by atoms with E-state index in [1.165, 1.54) is 4.88 Å².